The molecule has 1 aliphatic rings. The lowest BCUT2D eigenvalue weighted by Gasteiger charge is -2.45. The second-order valence-electron chi connectivity index (χ2n) is 8.30. The van der Waals surface area contributed by atoms with Gasteiger partial charge in [0, 0.05) is 25.0 Å². The van der Waals surface area contributed by atoms with E-state index in [9.17, 15) is 25.9 Å². The summed E-state index contributed by atoms with van der Waals surface area (Å²) in [5.74, 6) is -0.0430. The second-order valence-corrected chi connectivity index (χ2v) is 13.7. The van der Waals surface area contributed by atoms with Crippen molar-refractivity contribution in [2.75, 3.05) is 10.6 Å². The molecule has 0 saturated heterocycles. The first-order valence-electron chi connectivity index (χ1n) is 10.5. The van der Waals surface area contributed by atoms with Crippen molar-refractivity contribution >= 4 is 87.4 Å². The summed E-state index contributed by atoms with van der Waals surface area (Å²) in [4.78, 5) is 13.9. The molecule has 0 unspecified atom stereocenters. The molecule has 0 spiro atoms. The van der Waals surface area contributed by atoms with Crippen molar-refractivity contribution in [2.45, 2.75) is 32.6 Å². The van der Waals surface area contributed by atoms with Crippen molar-refractivity contribution in [1.82, 2.24) is 19.9 Å². The van der Waals surface area contributed by atoms with Crippen molar-refractivity contribution in [3.05, 3.63) is 63.4 Å². The number of rotatable bonds is 7. The molecule has 2 heterocycles. The first-order chi connectivity index (χ1) is 17.6. The third-order valence-corrected chi connectivity index (χ3v) is 10.2. The zero-order chi connectivity index (χ0) is 27.9. The van der Waals surface area contributed by atoms with Crippen molar-refractivity contribution < 1.29 is 25.9 Å². The van der Waals surface area contributed by atoms with Crippen molar-refractivity contribution in [3.63, 3.8) is 0 Å². The average Bonchev–Trinajstić information content (AvgIpc) is 2.76. The predicted octanol–water partition coefficient (Wildman–Crippen LogP) is 3.74. The Kier molecular flexibility index (Phi) is 7.80. The van der Waals surface area contributed by atoms with Crippen molar-refractivity contribution in [1.29, 1.82) is 0 Å². The van der Waals surface area contributed by atoms with Crippen LogP contribution in [0.5, 0.6) is 0 Å². The summed E-state index contributed by atoms with van der Waals surface area (Å²) in [6.45, 7) is 0. The van der Waals surface area contributed by atoms with E-state index in [0.717, 1.165) is 0 Å². The van der Waals surface area contributed by atoms with Gasteiger partial charge in [-0.3, -0.25) is 9.11 Å². The van der Waals surface area contributed by atoms with Crippen LogP contribution in [0.15, 0.2) is 58.6 Å². The third kappa shape index (κ3) is 5.67. The number of hydrogen-bond donors (Lipinski definition) is 8. The maximum Gasteiger partial charge on any atom is 0.292 e. The molecule has 6 N–H and O–H groups in total. The normalized spacial score (nSPS) is 16.9. The van der Waals surface area contributed by atoms with Crippen LogP contribution in [0.25, 0.3) is 5.57 Å². The third-order valence-electron chi connectivity index (χ3n) is 5.69. The summed E-state index contributed by atoms with van der Waals surface area (Å²) in [5.41, 5.74) is -1.97. The Morgan fingerprint density at radius 3 is 1.76 bits per heavy atom. The molecule has 4 rings (SSSR count). The number of hydrogen-bond acceptors (Lipinski definition) is 12. The van der Waals surface area contributed by atoms with E-state index in [2.05, 4.69) is 55.8 Å². The van der Waals surface area contributed by atoms with Crippen LogP contribution in [0.2, 0.25) is 0 Å². The molecule has 0 saturated carbocycles. The molecule has 2 aromatic heterocycles. The highest BCUT2D eigenvalue weighted by atomic mass is 32.3. The minimum absolute atomic E-state index is 0.0215. The minimum Gasteiger partial charge on any atom is -0.333 e. The van der Waals surface area contributed by atoms with Gasteiger partial charge in [0.25, 0.3) is 24.3 Å². The number of thiol groups is 2. The van der Waals surface area contributed by atoms with Gasteiger partial charge in [-0.15, -0.1) is 25.3 Å². The van der Waals surface area contributed by atoms with Crippen LogP contribution in [0.1, 0.15) is 18.4 Å². The number of aromatic amines is 2. The Morgan fingerprint density at radius 1 is 0.868 bits per heavy atom. The largest absolute Gasteiger partial charge is 0.333 e. The Balaban J connectivity index is 2.01. The highest BCUT2D eigenvalue weighted by Gasteiger charge is 2.63. The molecule has 0 fully saturated rings. The van der Waals surface area contributed by atoms with E-state index in [1.54, 1.807) is 18.2 Å². The highest BCUT2D eigenvalue weighted by molar-refractivity contribution is 8.06. The zero-order valence-electron chi connectivity index (χ0n) is 19.0. The van der Waals surface area contributed by atoms with Gasteiger partial charge in [-0.1, -0.05) is 60.8 Å². The van der Waals surface area contributed by atoms with E-state index in [-0.39, 0.29) is 48.8 Å². The second kappa shape index (κ2) is 10.3. The maximum atomic E-state index is 13.0. The van der Waals surface area contributed by atoms with E-state index in [1.165, 1.54) is 30.3 Å². The molecule has 1 aliphatic carbocycles. The van der Waals surface area contributed by atoms with Gasteiger partial charge < -0.3 is 20.6 Å². The molecule has 38 heavy (non-hydrogen) atoms. The summed E-state index contributed by atoms with van der Waals surface area (Å²) in [7, 11) is -11.1. The fraction of sp³-hybridized carbons (Fsp3) is 0.200. The van der Waals surface area contributed by atoms with Gasteiger partial charge in [0.1, 0.15) is 14.9 Å². The molecule has 202 valence electrons. The summed E-state index contributed by atoms with van der Waals surface area (Å²) >= 11 is 18.7. The predicted molar refractivity (Wildman–Crippen MR) is 153 cm³/mol. The minimum atomic E-state index is -5.55. The summed E-state index contributed by atoms with van der Waals surface area (Å²) in [6.07, 6.45) is 0.206. The van der Waals surface area contributed by atoms with Gasteiger partial charge >= 0.3 is 0 Å². The van der Waals surface area contributed by atoms with Gasteiger partial charge in [-0.25, -0.2) is 9.97 Å². The van der Waals surface area contributed by atoms with Crippen LogP contribution < -0.4 is 10.6 Å². The number of aromatic nitrogens is 4. The van der Waals surface area contributed by atoms with Crippen LogP contribution >= 0.6 is 49.7 Å². The van der Waals surface area contributed by atoms with Gasteiger partial charge in [0.15, 0.2) is 0 Å². The molecule has 12 nitrogen and oxygen atoms in total. The van der Waals surface area contributed by atoms with Crippen molar-refractivity contribution in [2.24, 2.45) is 0 Å². The summed E-state index contributed by atoms with van der Waals surface area (Å²) in [5, 5.41) is 6.26. The SMILES string of the molecule is O=S(=O)(O)C1(S(=O)(=O)O)CC(Nc2nc(S)cc(=S)[nH]2)(Nc2nc(S)cc(=S)[nH]2)CC=C1c1ccccc1. The summed E-state index contributed by atoms with van der Waals surface area (Å²) in [6, 6.07) is 10.5. The Bertz CT molecular complexity index is 1660. The monoisotopic (exact) mass is 632 g/mol. The van der Waals surface area contributed by atoms with Gasteiger partial charge in [0.2, 0.25) is 11.9 Å². The van der Waals surface area contributed by atoms with Gasteiger partial charge in [-0.2, -0.15) is 16.8 Å². The maximum absolute atomic E-state index is 13.0. The Labute approximate surface area is 238 Å². The Morgan fingerprint density at radius 2 is 1.34 bits per heavy atom. The number of nitrogens with zero attached hydrogens (tertiary/aromatic N) is 2. The molecule has 0 aliphatic heterocycles. The van der Waals surface area contributed by atoms with Crippen LogP contribution in [-0.4, -0.2) is 55.6 Å². The van der Waals surface area contributed by atoms with Crippen LogP contribution in [-0.2, 0) is 20.2 Å². The fourth-order valence-corrected chi connectivity index (χ4v) is 8.16. The topological polar surface area (TPSA) is 190 Å². The lowest BCUT2D eigenvalue weighted by Crippen LogP contribution is -2.60. The molecule has 1 aromatic carbocycles. The fourth-order valence-electron chi connectivity index (χ4n) is 4.23. The average molecular weight is 633 g/mol. The lowest BCUT2D eigenvalue weighted by molar-refractivity contribution is 0.391. The van der Waals surface area contributed by atoms with Crippen LogP contribution in [0.4, 0.5) is 11.9 Å². The molecule has 0 radical (unpaired) electrons. The first kappa shape index (κ1) is 28.7. The first-order valence-corrected chi connectivity index (χ1v) is 15.1. The zero-order valence-corrected chi connectivity index (χ0v) is 24.0. The summed E-state index contributed by atoms with van der Waals surface area (Å²) < 4.78 is 69.9. The number of anilines is 2. The molecule has 18 heteroatoms. The molecular weight excluding hydrogens is 613 g/mol. The highest BCUT2D eigenvalue weighted by Crippen LogP contribution is 2.49. The van der Waals surface area contributed by atoms with Crippen LogP contribution in [0.3, 0.4) is 0 Å². The van der Waals surface area contributed by atoms with Crippen molar-refractivity contribution in [3.8, 4) is 0 Å². The molecular formula is C20H20N6O6S6. The standard InChI is InChI=1S/C20H20N6O6S6/c27-37(28,29)20(38(30,31)32)10-19(25-17-21-13(33)8-14(34)22-17,26-18-23-15(35)9-16(36)24-18)7-6-12(20)11-4-2-1-3-5-11/h1-6,8-9H,7,10H2,(H,27,28,29)(H,30,31,32)(H3,21,22,25,33,34)(H3,23,24,26,35,36). The van der Waals surface area contributed by atoms with Gasteiger partial charge in [0.05, 0.1) is 10.1 Å². The Hall–Kier alpha value is -2.32. The van der Waals surface area contributed by atoms with Crippen LogP contribution in [0, 0.1) is 9.28 Å². The number of benzene rings is 1. The lowest BCUT2D eigenvalue weighted by atomic mass is 9.85. The number of nitrogens with one attached hydrogen (secondary N) is 4. The number of H-pyrrole nitrogens is 2. The molecule has 0 bridgehead atoms. The van der Waals surface area contributed by atoms with E-state index in [4.69, 9.17) is 24.4 Å². The molecule has 0 atom stereocenters. The van der Waals surface area contributed by atoms with E-state index < -0.39 is 36.4 Å². The molecule has 0 amide bonds. The van der Waals surface area contributed by atoms with E-state index in [1.807, 2.05) is 0 Å². The van der Waals surface area contributed by atoms with E-state index >= 15 is 0 Å². The molecule has 3 aromatic rings. The smallest absolute Gasteiger partial charge is 0.292 e. The quantitative estimate of drug-likeness (QED) is 0.0620. The van der Waals surface area contributed by atoms with E-state index in [0.29, 0.717) is 0 Å². The van der Waals surface area contributed by atoms with Gasteiger partial charge in [-0.05, 0) is 11.1 Å².